The van der Waals surface area contributed by atoms with Crippen LogP contribution in [0, 0.1) is 0 Å². The standard InChI is InChI=1S/C2H4.CH3NO2/c1-2;2-1(3)4/h1-2H2;2H2,(H,3,4). The van der Waals surface area contributed by atoms with Crippen molar-refractivity contribution in [2.24, 2.45) is 5.73 Å². The molecule has 0 fully saturated rings. The summed E-state index contributed by atoms with van der Waals surface area (Å²) in [4.78, 5) is 8.78. The number of hydrogen-bond acceptors (Lipinski definition) is 1. The SMILES string of the molecule is C=C.NC(=O)O. The summed E-state index contributed by atoms with van der Waals surface area (Å²) in [7, 11) is 0. The number of rotatable bonds is 0. The fraction of sp³-hybridized carbons (Fsp3) is 0. The maximum atomic E-state index is 8.78. The first-order valence-corrected chi connectivity index (χ1v) is 1.22. The van der Waals surface area contributed by atoms with E-state index in [1.165, 1.54) is 0 Å². The monoisotopic (exact) mass is 89.0 g/mol. The lowest BCUT2D eigenvalue weighted by Gasteiger charge is -1.61. The zero-order valence-corrected chi connectivity index (χ0v) is 3.35. The van der Waals surface area contributed by atoms with Crippen molar-refractivity contribution in [3.63, 3.8) is 0 Å². The molecule has 36 valence electrons. The molecule has 0 radical (unpaired) electrons. The zero-order chi connectivity index (χ0) is 5.58. The summed E-state index contributed by atoms with van der Waals surface area (Å²) in [5.41, 5.74) is 4.03. The van der Waals surface area contributed by atoms with Gasteiger partial charge in [-0.2, -0.15) is 0 Å². The average Bonchev–Trinajstić information content (AvgIpc) is 1.41. The molecule has 3 N–H and O–H groups in total. The van der Waals surface area contributed by atoms with Gasteiger partial charge in [-0.3, -0.25) is 0 Å². The zero-order valence-electron chi connectivity index (χ0n) is 3.35. The minimum atomic E-state index is -1.33. The van der Waals surface area contributed by atoms with Crippen molar-refractivity contribution in [2.45, 2.75) is 0 Å². The fourth-order valence-electron chi connectivity index (χ4n) is 0. The largest absolute Gasteiger partial charge is 0.465 e. The molecule has 0 rings (SSSR count). The van der Waals surface area contributed by atoms with Crippen molar-refractivity contribution in [1.29, 1.82) is 0 Å². The fourth-order valence-corrected chi connectivity index (χ4v) is 0. The highest BCUT2D eigenvalue weighted by atomic mass is 16.4. The molecule has 0 spiro atoms. The highest BCUT2D eigenvalue weighted by Gasteiger charge is 1.65. The molecule has 3 nitrogen and oxygen atoms in total. The molecule has 0 aromatic heterocycles. The molecule has 0 saturated heterocycles. The van der Waals surface area contributed by atoms with Crippen LogP contribution < -0.4 is 5.73 Å². The first-order valence-electron chi connectivity index (χ1n) is 1.22. The number of primary amides is 1. The van der Waals surface area contributed by atoms with Crippen LogP contribution in [0.15, 0.2) is 13.2 Å². The Hall–Kier alpha value is -0.990. The van der Waals surface area contributed by atoms with E-state index in [0.717, 1.165) is 0 Å². The van der Waals surface area contributed by atoms with Gasteiger partial charge in [-0.15, -0.1) is 13.2 Å². The molecule has 0 unspecified atom stereocenters. The summed E-state index contributed by atoms with van der Waals surface area (Å²) in [5.74, 6) is 0. The van der Waals surface area contributed by atoms with Gasteiger partial charge in [0.1, 0.15) is 0 Å². The van der Waals surface area contributed by atoms with Crippen LogP contribution >= 0.6 is 0 Å². The van der Waals surface area contributed by atoms with E-state index in [1.807, 2.05) is 0 Å². The van der Waals surface area contributed by atoms with E-state index < -0.39 is 6.09 Å². The third-order valence-corrected chi connectivity index (χ3v) is 0. The second-order valence-electron chi connectivity index (χ2n) is 0.338. The molecule has 0 aliphatic rings. The van der Waals surface area contributed by atoms with Gasteiger partial charge in [-0.05, 0) is 0 Å². The van der Waals surface area contributed by atoms with Crippen LogP contribution in [0.25, 0.3) is 0 Å². The Bertz CT molecular complexity index is 40.1. The molecule has 0 heterocycles. The van der Waals surface area contributed by atoms with E-state index in [4.69, 9.17) is 9.90 Å². The van der Waals surface area contributed by atoms with Crippen molar-refractivity contribution in [3.8, 4) is 0 Å². The van der Waals surface area contributed by atoms with Crippen molar-refractivity contribution in [3.05, 3.63) is 13.2 Å². The number of hydrogen-bond donors (Lipinski definition) is 2. The first-order chi connectivity index (χ1) is 2.73. The topological polar surface area (TPSA) is 63.3 Å². The van der Waals surface area contributed by atoms with Crippen LogP contribution in [0.5, 0.6) is 0 Å². The highest BCUT2D eigenvalue weighted by Crippen LogP contribution is 1.34. The van der Waals surface area contributed by atoms with Gasteiger partial charge >= 0.3 is 6.09 Å². The highest BCUT2D eigenvalue weighted by molar-refractivity contribution is 5.61. The van der Waals surface area contributed by atoms with Gasteiger partial charge in [0.25, 0.3) is 0 Å². The van der Waals surface area contributed by atoms with Crippen molar-refractivity contribution in [1.82, 2.24) is 0 Å². The third-order valence-electron chi connectivity index (χ3n) is 0. The van der Waals surface area contributed by atoms with Crippen molar-refractivity contribution < 1.29 is 9.90 Å². The molecule has 1 amide bonds. The molecule has 3 heteroatoms. The summed E-state index contributed by atoms with van der Waals surface area (Å²) in [6, 6.07) is 0. The predicted octanol–water partition coefficient (Wildman–Crippen LogP) is 0.425. The molecular formula is C3H7NO2. The molecule has 0 aliphatic heterocycles. The first kappa shape index (κ1) is 8.89. The van der Waals surface area contributed by atoms with Crippen molar-refractivity contribution in [2.75, 3.05) is 0 Å². The lowest BCUT2D eigenvalue weighted by atomic mass is 11.3. The minimum absolute atomic E-state index is 1.33. The maximum Gasteiger partial charge on any atom is 0.402 e. The lowest BCUT2D eigenvalue weighted by Crippen LogP contribution is -2.03. The van der Waals surface area contributed by atoms with Gasteiger partial charge in [0.2, 0.25) is 0 Å². The van der Waals surface area contributed by atoms with Crippen LogP contribution in [-0.4, -0.2) is 11.2 Å². The van der Waals surface area contributed by atoms with Gasteiger partial charge in [-0.1, -0.05) is 0 Å². The average molecular weight is 89.1 g/mol. The number of nitrogens with two attached hydrogens (primary N) is 1. The molecule has 0 aromatic carbocycles. The van der Waals surface area contributed by atoms with Gasteiger partial charge in [0, 0.05) is 0 Å². The number of amides is 1. The van der Waals surface area contributed by atoms with E-state index >= 15 is 0 Å². The Labute approximate surface area is 36.1 Å². The van der Waals surface area contributed by atoms with Gasteiger partial charge in [-0.25, -0.2) is 4.79 Å². The summed E-state index contributed by atoms with van der Waals surface area (Å²) in [6.07, 6.45) is -1.33. The van der Waals surface area contributed by atoms with Crippen LogP contribution in [-0.2, 0) is 0 Å². The second kappa shape index (κ2) is 8.99. The van der Waals surface area contributed by atoms with E-state index in [-0.39, 0.29) is 0 Å². The normalized spacial score (nSPS) is 4.67. The van der Waals surface area contributed by atoms with Crippen LogP contribution in [0.1, 0.15) is 0 Å². The Morgan fingerprint density at radius 3 is 1.67 bits per heavy atom. The summed E-state index contributed by atoms with van der Waals surface area (Å²) < 4.78 is 0. The molecule has 0 saturated carbocycles. The van der Waals surface area contributed by atoms with Gasteiger partial charge < -0.3 is 10.8 Å². The Kier molecular flexibility index (Phi) is 13.3. The molecule has 0 bridgehead atoms. The number of carbonyl (C=O) groups is 1. The number of carboxylic acid groups (broad SMARTS) is 1. The van der Waals surface area contributed by atoms with E-state index in [0.29, 0.717) is 0 Å². The quantitative estimate of drug-likeness (QED) is 0.422. The van der Waals surface area contributed by atoms with E-state index in [1.54, 1.807) is 0 Å². The van der Waals surface area contributed by atoms with Crippen LogP contribution in [0.3, 0.4) is 0 Å². The molecule has 6 heavy (non-hydrogen) atoms. The van der Waals surface area contributed by atoms with Crippen molar-refractivity contribution >= 4 is 6.09 Å². The summed E-state index contributed by atoms with van der Waals surface area (Å²) in [5, 5.41) is 7.19. The minimum Gasteiger partial charge on any atom is -0.465 e. The second-order valence-corrected chi connectivity index (χ2v) is 0.338. The summed E-state index contributed by atoms with van der Waals surface area (Å²) >= 11 is 0. The predicted molar refractivity (Wildman–Crippen MR) is 23.5 cm³/mol. The van der Waals surface area contributed by atoms with E-state index in [2.05, 4.69) is 18.9 Å². The molecule has 0 aliphatic carbocycles. The van der Waals surface area contributed by atoms with Gasteiger partial charge in [0.05, 0.1) is 0 Å². The Morgan fingerprint density at radius 2 is 1.67 bits per heavy atom. The summed E-state index contributed by atoms with van der Waals surface area (Å²) in [6.45, 7) is 6.00. The van der Waals surface area contributed by atoms with E-state index in [9.17, 15) is 0 Å². The Balaban J connectivity index is 0. The smallest absolute Gasteiger partial charge is 0.402 e. The van der Waals surface area contributed by atoms with Crippen LogP contribution in [0.4, 0.5) is 4.79 Å². The van der Waals surface area contributed by atoms with Gasteiger partial charge in [0.15, 0.2) is 0 Å². The Morgan fingerprint density at radius 1 is 1.67 bits per heavy atom. The lowest BCUT2D eigenvalue weighted by molar-refractivity contribution is 0.205. The molecular weight excluding hydrogens is 82.0 g/mol. The van der Waals surface area contributed by atoms with Crippen LogP contribution in [0.2, 0.25) is 0 Å². The molecule has 0 atom stereocenters. The maximum absolute atomic E-state index is 8.78. The molecule has 0 aromatic rings. The third kappa shape index (κ3) is 12.4.